The topological polar surface area (TPSA) is 104 Å². The van der Waals surface area contributed by atoms with E-state index in [-0.39, 0.29) is 11.8 Å². The van der Waals surface area contributed by atoms with Crippen LogP contribution in [0.15, 0.2) is 42.5 Å². The molecule has 8 heteroatoms. The summed E-state index contributed by atoms with van der Waals surface area (Å²) in [5, 5.41) is 0.880. The largest absolute Gasteiger partial charge is 0.493 e. The number of carbonyl (C=O) groups excluding carboxylic acids is 2. The molecule has 2 aromatic carbocycles. The van der Waals surface area contributed by atoms with Gasteiger partial charge in [0.05, 0.1) is 38.1 Å². The Morgan fingerprint density at radius 3 is 2.18 bits per heavy atom. The second kappa shape index (κ2) is 9.36. The number of primary amides is 1. The maximum atomic E-state index is 13.2. The van der Waals surface area contributed by atoms with Gasteiger partial charge in [-0.25, -0.2) is 0 Å². The van der Waals surface area contributed by atoms with Gasteiger partial charge in [-0.2, -0.15) is 0 Å². The average molecular weight is 450 g/mol. The molecule has 8 nitrogen and oxygen atoms in total. The minimum absolute atomic E-state index is 0.0427. The quantitative estimate of drug-likeness (QED) is 0.619. The number of hydrogen-bond acceptors (Lipinski definition) is 6. The number of piperidine rings is 1. The number of ether oxygens (including phenoxy) is 3. The third kappa shape index (κ3) is 4.28. The number of rotatable bonds is 6. The Morgan fingerprint density at radius 2 is 1.61 bits per heavy atom. The SMILES string of the molecule is COc1cc(C(=O)N2CCC(c3nc4ccccc4cc3C(N)=O)CC2)cc(OC)c1OC. The first-order valence-electron chi connectivity index (χ1n) is 10.8. The van der Waals surface area contributed by atoms with E-state index in [2.05, 4.69) is 0 Å². The predicted octanol–water partition coefficient (Wildman–Crippen LogP) is 3.38. The molecule has 172 valence electrons. The molecule has 3 aromatic rings. The van der Waals surface area contributed by atoms with Crippen LogP contribution in [0.3, 0.4) is 0 Å². The molecule has 1 fully saturated rings. The summed E-state index contributed by atoms with van der Waals surface area (Å²) in [6.07, 6.45) is 1.36. The van der Waals surface area contributed by atoms with Gasteiger partial charge >= 0.3 is 0 Å². The summed E-state index contributed by atoms with van der Waals surface area (Å²) in [7, 11) is 4.56. The van der Waals surface area contributed by atoms with E-state index in [4.69, 9.17) is 24.9 Å². The third-order valence-corrected chi connectivity index (χ3v) is 6.10. The van der Waals surface area contributed by atoms with Crippen LogP contribution < -0.4 is 19.9 Å². The van der Waals surface area contributed by atoms with E-state index in [9.17, 15) is 9.59 Å². The third-order valence-electron chi connectivity index (χ3n) is 6.10. The first-order valence-corrected chi connectivity index (χ1v) is 10.8. The van der Waals surface area contributed by atoms with Crippen molar-refractivity contribution in [1.29, 1.82) is 0 Å². The Morgan fingerprint density at radius 1 is 0.970 bits per heavy atom. The van der Waals surface area contributed by atoms with Crippen LogP contribution in [0.25, 0.3) is 10.9 Å². The smallest absolute Gasteiger partial charge is 0.254 e. The number of carbonyl (C=O) groups is 2. The molecule has 33 heavy (non-hydrogen) atoms. The van der Waals surface area contributed by atoms with Crippen molar-refractivity contribution in [3.8, 4) is 17.2 Å². The normalized spacial score (nSPS) is 14.2. The highest BCUT2D eigenvalue weighted by Crippen LogP contribution is 2.39. The van der Waals surface area contributed by atoms with Crippen molar-refractivity contribution in [2.45, 2.75) is 18.8 Å². The predicted molar refractivity (Wildman–Crippen MR) is 124 cm³/mol. The minimum Gasteiger partial charge on any atom is -0.493 e. The number of pyridine rings is 1. The summed E-state index contributed by atoms with van der Waals surface area (Å²) >= 11 is 0. The molecule has 1 aromatic heterocycles. The molecule has 1 aliphatic heterocycles. The number of likely N-dealkylation sites (tertiary alicyclic amines) is 1. The lowest BCUT2D eigenvalue weighted by Gasteiger charge is -2.32. The lowest BCUT2D eigenvalue weighted by molar-refractivity contribution is 0.0710. The zero-order valence-corrected chi connectivity index (χ0v) is 19.0. The van der Waals surface area contributed by atoms with Crippen molar-refractivity contribution in [2.75, 3.05) is 34.4 Å². The maximum absolute atomic E-state index is 13.2. The van der Waals surface area contributed by atoms with Crippen LogP contribution in [-0.4, -0.2) is 56.1 Å². The lowest BCUT2D eigenvalue weighted by Crippen LogP contribution is -2.38. The van der Waals surface area contributed by atoms with Gasteiger partial charge in [0.15, 0.2) is 11.5 Å². The molecule has 2 heterocycles. The number of methoxy groups -OCH3 is 3. The molecule has 0 atom stereocenters. The zero-order chi connectivity index (χ0) is 23.5. The summed E-state index contributed by atoms with van der Waals surface area (Å²) < 4.78 is 16.1. The van der Waals surface area contributed by atoms with Crippen molar-refractivity contribution in [3.05, 3.63) is 59.3 Å². The number of amides is 2. The fraction of sp³-hybridized carbons (Fsp3) is 0.320. The molecular weight excluding hydrogens is 422 g/mol. The van der Waals surface area contributed by atoms with Gasteiger partial charge in [-0.1, -0.05) is 18.2 Å². The Bertz CT molecular complexity index is 1180. The van der Waals surface area contributed by atoms with Crippen molar-refractivity contribution in [1.82, 2.24) is 9.88 Å². The maximum Gasteiger partial charge on any atom is 0.254 e. The Balaban J connectivity index is 1.56. The molecular formula is C25H27N3O5. The molecule has 0 radical (unpaired) electrons. The van der Waals surface area contributed by atoms with Gasteiger partial charge in [-0.3, -0.25) is 14.6 Å². The van der Waals surface area contributed by atoms with Crippen molar-refractivity contribution >= 4 is 22.7 Å². The van der Waals surface area contributed by atoms with E-state index >= 15 is 0 Å². The first kappa shape index (κ1) is 22.4. The van der Waals surface area contributed by atoms with Gasteiger partial charge in [-0.05, 0) is 37.1 Å². The van der Waals surface area contributed by atoms with Gasteiger partial charge in [0.1, 0.15) is 0 Å². The fourth-order valence-corrected chi connectivity index (χ4v) is 4.38. The molecule has 0 aliphatic carbocycles. The molecule has 0 unspecified atom stereocenters. The van der Waals surface area contributed by atoms with E-state index in [1.807, 2.05) is 30.3 Å². The summed E-state index contributed by atoms with van der Waals surface area (Å²) in [5.41, 5.74) is 8.11. The van der Waals surface area contributed by atoms with Crippen LogP contribution in [0, 0.1) is 0 Å². The van der Waals surface area contributed by atoms with E-state index in [1.165, 1.54) is 21.3 Å². The standard InChI is InChI=1S/C25H27N3O5/c1-31-20-13-17(14-21(32-2)23(20)33-3)25(30)28-10-8-15(9-11-28)22-18(24(26)29)12-16-6-4-5-7-19(16)27-22/h4-7,12-15H,8-11H2,1-3H3,(H2,26,29). The zero-order valence-electron chi connectivity index (χ0n) is 19.0. The molecule has 1 saturated heterocycles. The average Bonchev–Trinajstić information content (AvgIpc) is 2.86. The highest BCUT2D eigenvalue weighted by atomic mass is 16.5. The number of para-hydroxylation sites is 1. The van der Waals surface area contributed by atoms with E-state index in [0.717, 1.165) is 10.9 Å². The molecule has 4 rings (SSSR count). The fourth-order valence-electron chi connectivity index (χ4n) is 4.38. The molecule has 0 spiro atoms. The molecule has 0 saturated carbocycles. The molecule has 2 N–H and O–H groups in total. The van der Waals surface area contributed by atoms with Crippen LogP contribution in [0.2, 0.25) is 0 Å². The molecule has 1 aliphatic rings. The van der Waals surface area contributed by atoms with E-state index in [1.54, 1.807) is 17.0 Å². The minimum atomic E-state index is -0.487. The summed E-state index contributed by atoms with van der Waals surface area (Å²) in [6.45, 7) is 1.07. The number of nitrogens with zero attached hydrogens (tertiary/aromatic N) is 2. The van der Waals surface area contributed by atoms with Crippen molar-refractivity contribution in [3.63, 3.8) is 0 Å². The number of aromatic nitrogens is 1. The lowest BCUT2D eigenvalue weighted by atomic mass is 9.89. The monoisotopic (exact) mass is 449 g/mol. The summed E-state index contributed by atoms with van der Waals surface area (Å²) in [4.78, 5) is 31.9. The first-order chi connectivity index (χ1) is 16.0. The van der Waals surface area contributed by atoms with Crippen molar-refractivity contribution in [2.24, 2.45) is 5.73 Å². The Hall–Kier alpha value is -3.81. The van der Waals surface area contributed by atoms with Crippen LogP contribution >= 0.6 is 0 Å². The highest BCUT2D eigenvalue weighted by Gasteiger charge is 2.29. The molecule has 2 amide bonds. The number of fused-ring (bicyclic) bond motifs is 1. The van der Waals surface area contributed by atoms with Crippen LogP contribution in [-0.2, 0) is 0 Å². The van der Waals surface area contributed by atoms with Gasteiger partial charge in [0, 0.05) is 30.0 Å². The highest BCUT2D eigenvalue weighted by molar-refractivity contribution is 5.98. The van der Waals surface area contributed by atoms with Gasteiger partial charge in [0.2, 0.25) is 5.75 Å². The Kier molecular flexibility index (Phi) is 6.35. The number of nitrogens with two attached hydrogens (primary N) is 1. The summed E-state index contributed by atoms with van der Waals surface area (Å²) in [5.74, 6) is 0.745. The number of hydrogen-bond donors (Lipinski definition) is 1. The number of benzene rings is 2. The Labute approximate surface area is 192 Å². The van der Waals surface area contributed by atoms with Crippen LogP contribution in [0.4, 0.5) is 0 Å². The van der Waals surface area contributed by atoms with Gasteiger partial charge in [0.25, 0.3) is 11.8 Å². The van der Waals surface area contributed by atoms with Crippen LogP contribution in [0.1, 0.15) is 45.2 Å². The second-order valence-electron chi connectivity index (χ2n) is 7.96. The van der Waals surface area contributed by atoms with Gasteiger partial charge in [-0.15, -0.1) is 0 Å². The van der Waals surface area contributed by atoms with Gasteiger partial charge < -0.3 is 24.8 Å². The summed E-state index contributed by atoms with van der Waals surface area (Å²) in [6, 6.07) is 12.8. The second-order valence-corrected chi connectivity index (χ2v) is 7.96. The van der Waals surface area contributed by atoms with E-state index < -0.39 is 5.91 Å². The van der Waals surface area contributed by atoms with Crippen molar-refractivity contribution < 1.29 is 23.8 Å². The molecule has 0 bridgehead atoms. The van der Waals surface area contributed by atoms with Crippen LogP contribution in [0.5, 0.6) is 17.2 Å². The van der Waals surface area contributed by atoms with E-state index in [0.29, 0.717) is 60.0 Å².